The Bertz CT molecular complexity index is 1290. The van der Waals surface area contributed by atoms with Crippen LogP contribution in [0, 0.1) is 20.8 Å². The number of nitrogens with zero attached hydrogens (tertiary/aromatic N) is 3. The molecule has 31 heavy (non-hydrogen) atoms. The number of rotatable bonds is 6. The van der Waals surface area contributed by atoms with Crippen molar-refractivity contribution >= 4 is 22.9 Å². The molecule has 4 aromatic rings. The van der Waals surface area contributed by atoms with Gasteiger partial charge in [0.1, 0.15) is 0 Å². The Labute approximate surface area is 190 Å². The lowest BCUT2D eigenvalue weighted by atomic mass is 10.0. The third kappa shape index (κ3) is 4.51. The molecule has 0 aliphatic heterocycles. The van der Waals surface area contributed by atoms with Gasteiger partial charge in [-0.2, -0.15) is 0 Å². The molecule has 0 amide bonds. The lowest BCUT2D eigenvalue weighted by molar-refractivity contribution is 0.248. The van der Waals surface area contributed by atoms with E-state index in [4.69, 9.17) is 11.6 Å². The zero-order chi connectivity index (χ0) is 22.1. The number of thiophene rings is 1. The molecule has 1 N–H and O–H groups in total. The fourth-order valence-electron chi connectivity index (χ4n) is 3.82. The van der Waals surface area contributed by atoms with Gasteiger partial charge in [0.15, 0.2) is 0 Å². The molecule has 3 aromatic heterocycles. The van der Waals surface area contributed by atoms with Crippen LogP contribution in [0.4, 0.5) is 0 Å². The van der Waals surface area contributed by atoms with E-state index in [0.717, 1.165) is 32.3 Å². The molecule has 1 atom stereocenters. The van der Waals surface area contributed by atoms with Crippen molar-refractivity contribution in [2.24, 2.45) is 0 Å². The summed E-state index contributed by atoms with van der Waals surface area (Å²) in [6.07, 6.45) is 5.86. The van der Waals surface area contributed by atoms with Gasteiger partial charge in [0, 0.05) is 39.8 Å². The first-order chi connectivity index (χ1) is 14.9. The number of aryl methyl sites for hydroxylation is 3. The molecule has 0 saturated heterocycles. The molecule has 5 nitrogen and oxygen atoms in total. The van der Waals surface area contributed by atoms with E-state index in [-0.39, 0.29) is 12.2 Å². The van der Waals surface area contributed by atoms with Crippen LogP contribution in [0.1, 0.15) is 38.2 Å². The van der Waals surface area contributed by atoms with E-state index in [2.05, 4.69) is 11.1 Å². The Morgan fingerprint density at radius 1 is 1.13 bits per heavy atom. The fourth-order valence-corrected chi connectivity index (χ4v) is 5.02. The molecule has 0 spiro atoms. The van der Waals surface area contributed by atoms with Gasteiger partial charge in [-0.1, -0.05) is 23.7 Å². The summed E-state index contributed by atoms with van der Waals surface area (Å²) < 4.78 is 3.55. The van der Waals surface area contributed by atoms with Crippen LogP contribution in [-0.4, -0.2) is 25.8 Å². The quantitative estimate of drug-likeness (QED) is 0.454. The number of aliphatic hydroxyl groups excluding tert-OH is 1. The maximum Gasteiger partial charge on any atom is 0.254 e. The van der Waals surface area contributed by atoms with Gasteiger partial charge < -0.3 is 14.2 Å². The second-order valence-electron chi connectivity index (χ2n) is 7.76. The monoisotopic (exact) mass is 453 g/mol. The van der Waals surface area contributed by atoms with Gasteiger partial charge in [0.2, 0.25) is 0 Å². The van der Waals surface area contributed by atoms with Crippen molar-refractivity contribution in [2.45, 2.75) is 33.2 Å². The Hall–Kier alpha value is -2.67. The number of pyridine rings is 1. The third-order valence-electron chi connectivity index (χ3n) is 5.33. The molecule has 160 valence electrons. The van der Waals surface area contributed by atoms with Gasteiger partial charge in [-0.15, -0.1) is 11.3 Å². The van der Waals surface area contributed by atoms with E-state index in [9.17, 15) is 9.90 Å². The molecular formula is C24H24ClN3O2S. The highest BCUT2D eigenvalue weighted by atomic mass is 35.5. The fraction of sp³-hybridized carbons (Fsp3) is 0.250. The lowest BCUT2D eigenvalue weighted by Crippen LogP contribution is -2.29. The van der Waals surface area contributed by atoms with Crippen molar-refractivity contribution in [2.75, 3.05) is 6.61 Å². The smallest absolute Gasteiger partial charge is 0.254 e. The van der Waals surface area contributed by atoms with Gasteiger partial charge in [-0.3, -0.25) is 4.79 Å². The minimum absolute atomic E-state index is 0.138. The molecule has 0 aliphatic carbocycles. The van der Waals surface area contributed by atoms with Gasteiger partial charge in [0.05, 0.1) is 29.7 Å². The van der Waals surface area contributed by atoms with Gasteiger partial charge in [-0.25, -0.2) is 4.98 Å². The molecule has 1 aromatic carbocycles. The highest BCUT2D eigenvalue weighted by Gasteiger charge is 2.19. The Balaban J connectivity index is 1.68. The summed E-state index contributed by atoms with van der Waals surface area (Å²) in [4.78, 5) is 19.6. The Morgan fingerprint density at radius 3 is 2.55 bits per heavy atom. The molecule has 3 heterocycles. The van der Waals surface area contributed by atoms with Crippen LogP contribution in [0.3, 0.4) is 0 Å². The second-order valence-corrected chi connectivity index (χ2v) is 9.52. The minimum Gasteiger partial charge on any atom is -0.394 e. The number of aromatic nitrogens is 3. The van der Waals surface area contributed by atoms with Crippen LogP contribution in [0.5, 0.6) is 0 Å². The molecule has 7 heteroatoms. The molecule has 0 saturated carbocycles. The largest absolute Gasteiger partial charge is 0.394 e. The summed E-state index contributed by atoms with van der Waals surface area (Å²) in [6, 6.07) is 11.4. The second kappa shape index (κ2) is 8.83. The Morgan fingerprint density at radius 2 is 1.94 bits per heavy atom. The summed E-state index contributed by atoms with van der Waals surface area (Å²) in [5.41, 5.74) is 4.60. The maximum absolute atomic E-state index is 13.3. The molecule has 0 aliphatic rings. The zero-order valence-corrected chi connectivity index (χ0v) is 19.2. The maximum atomic E-state index is 13.3. The third-order valence-corrected chi connectivity index (χ3v) is 6.64. The minimum atomic E-state index is -0.447. The van der Waals surface area contributed by atoms with Crippen molar-refractivity contribution in [1.29, 1.82) is 0 Å². The average Bonchev–Trinajstić information content (AvgIpc) is 3.34. The molecule has 0 unspecified atom stereocenters. The van der Waals surface area contributed by atoms with Crippen LogP contribution in [-0.2, 0) is 6.42 Å². The van der Waals surface area contributed by atoms with E-state index in [1.54, 1.807) is 34.5 Å². The molecule has 0 bridgehead atoms. The van der Waals surface area contributed by atoms with E-state index in [0.29, 0.717) is 17.0 Å². The van der Waals surface area contributed by atoms with Crippen molar-refractivity contribution in [3.63, 3.8) is 0 Å². The molecular weight excluding hydrogens is 430 g/mol. The predicted octanol–water partition coefficient (Wildman–Crippen LogP) is 4.85. The standard InChI is InChI=1S/C24H24ClN3O2S/c1-15-8-18(5-6-21(15)27-11-16(2)26-14-27)9-19-10-20(25)12-28(24(19)30)22(13-29)23-7-4-17(3)31-23/h4-8,10-12,14,22,29H,9,13H2,1-3H3/t22-/m0/s1. The topological polar surface area (TPSA) is 60.0 Å². The SMILES string of the molecule is Cc1cn(-c2ccc(Cc3cc(Cl)cn([C@@H](CO)c4ccc(C)s4)c3=O)cc2C)cn1. The predicted molar refractivity (Wildman–Crippen MR) is 126 cm³/mol. The average molecular weight is 454 g/mol. The van der Waals surface area contributed by atoms with Gasteiger partial charge in [0.25, 0.3) is 5.56 Å². The first kappa shape index (κ1) is 21.6. The van der Waals surface area contributed by atoms with Crippen LogP contribution in [0.25, 0.3) is 5.69 Å². The number of hydrogen-bond acceptors (Lipinski definition) is 4. The van der Waals surface area contributed by atoms with Crippen LogP contribution in [0.15, 0.2) is 59.9 Å². The van der Waals surface area contributed by atoms with E-state index in [1.165, 1.54) is 0 Å². The highest BCUT2D eigenvalue weighted by molar-refractivity contribution is 7.12. The van der Waals surface area contributed by atoms with E-state index >= 15 is 0 Å². The number of hydrogen-bond donors (Lipinski definition) is 1. The summed E-state index contributed by atoms with van der Waals surface area (Å²) in [5.74, 6) is 0. The van der Waals surface area contributed by atoms with Crippen molar-refractivity contribution in [3.05, 3.63) is 103 Å². The highest BCUT2D eigenvalue weighted by Crippen LogP contribution is 2.26. The number of imidazole rings is 1. The van der Waals surface area contributed by atoms with Crippen LogP contribution < -0.4 is 5.56 Å². The first-order valence-corrected chi connectivity index (χ1v) is 11.2. The van der Waals surface area contributed by atoms with Crippen molar-refractivity contribution in [3.8, 4) is 5.69 Å². The summed E-state index contributed by atoms with van der Waals surface area (Å²) in [5, 5.41) is 10.5. The molecule has 0 radical (unpaired) electrons. The first-order valence-electron chi connectivity index (χ1n) is 10.0. The summed E-state index contributed by atoms with van der Waals surface area (Å²) >= 11 is 7.95. The number of halogens is 1. The summed E-state index contributed by atoms with van der Waals surface area (Å²) in [6.45, 7) is 5.84. The number of aliphatic hydroxyl groups is 1. The lowest BCUT2D eigenvalue weighted by Gasteiger charge is -2.18. The van der Waals surface area contributed by atoms with E-state index < -0.39 is 6.04 Å². The van der Waals surface area contributed by atoms with Crippen molar-refractivity contribution in [1.82, 2.24) is 14.1 Å². The van der Waals surface area contributed by atoms with Crippen molar-refractivity contribution < 1.29 is 5.11 Å². The van der Waals surface area contributed by atoms with E-state index in [1.807, 2.05) is 55.8 Å². The van der Waals surface area contributed by atoms with Crippen LogP contribution >= 0.6 is 22.9 Å². The molecule has 4 rings (SSSR count). The Kier molecular flexibility index (Phi) is 6.14. The van der Waals surface area contributed by atoms with Gasteiger partial charge in [-0.05, 0) is 56.2 Å². The zero-order valence-electron chi connectivity index (χ0n) is 17.7. The summed E-state index contributed by atoms with van der Waals surface area (Å²) in [7, 11) is 0. The van der Waals surface area contributed by atoms with Crippen LogP contribution in [0.2, 0.25) is 5.02 Å². The van der Waals surface area contributed by atoms with Gasteiger partial charge >= 0.3 is 0 Å². The normalized spacial score (nSPS) is 12.3. The molecule has 0 fully saturated rings. The number of benzene rings is 1.